The van der Waals surface area contributed by atoms with Crippen molar-refractivity contribution in [2.45, 2.75) is 6.61 Å². The van der Waals surface area contributed by atoms with Gasteiger partial charge >= 0.3 is 12.1 Å². The normalized spacial score (nSPS) is 10.5. The summed E-state index contributed by atoms with van der Waals surface area (Å²) < 4.78 is 5.05. The molecule has 6 heteroatoms. The smallest absolute Gasteiger partial charge is 0.407 e. The molecule has 6 nitrogen and oxygen atoms in total. The monoisotopic (exact) mass is 327 g/mol. The lowest BCUT2D eigenvalue weighted by Crippen LogP contribution is -2.24. The third-order valence-electron chi connectivity index (χ3n) is 3.14. The van der Waals surface area contributed by atoms with Crippen LogP contribution < -0.4 is 5.32 Å². The van der Waals surface area contributed by atoms with E-state index < -0.39 is 12.1 Å². The van der Waals surface area contributed by atoms with Crippen molar-refractivity contribution in [2.75, 3.05) is 6.54 Å². The van der Waals surface area contributed by atoms with E-state index in [1.165, 1.54) is 12.1 Å². The van der Waals surface area contributed by atoms with Crippen molar-refractivity contribution in [1.82, 2.24) is 5.32 Å². The van der Waals surface area contributed by atoms with E-state index in [0.717, 1.165) is 5.56 Å². The molecule has 24 heavy (non-hydrogen) atoms. The number of nitrogens with one attached hydrogen (secondary N) is 1. The van der Waals surface area contributed by atoms with Crippen molar-refractivity contribution < 1.29 is 24.5 Å². The summed E-state index contributed by atoms with van der Waals surface area (Å²) in [5.41, 5.74) is 1.32. The van der Waals surface area contributed by atoms with Gasteiger partial charge in [-0.15, -0.1) is 0 Å². The SMILES string of the molecule is O=C(NCC=Cc1ccc(O)c(C(=O)O)c1)OCc1ccccc1. The van der Waals surface area contributed by atoms with Crippen molar-refractivity contribution in [3.63, 3.8) is 0 Å². The summed E-state index contributed by atoms with van der Waals surface area (Å²) >= 11 is 0. The van der Waals surface area contributed by atoms with E-state index in [1.807, 2.05) is 30.3 Å². The zero-order chi connectivity index (χ0) is 17.4. The molecule has 0 aromatic heterocycles. The lowest BCUT2D eigenvalue weighted by atomic mass is 10.1. The van der Waals surface area contributed by atoms with Gasteiger partial charge in [0.05, 0.1) is 0 Å². The maximum Gasteiger partial charge on any atom is 0.407 e. The highest BCUT2D eigenvalue weighted by molar-refractivity contribution is 5.91. The number of carboxylic acids is 1. The van der Waals surface area contributed by atoms with Crippen LogP contribution in [0.5, 0.6) is 5.75 Å². The summed E-state index contributed by atoms with van der Waals surface area (Å²) in [7, 11) is 0. The molecule has 0 saturated heterocycles. The van der Waals surface area contributed by atoms with Gasteiger partial charge in [-0.05, 0) is 23.3 Å². The lowest BCUT2D eigenvalue weighted by Gasteiger charge is -2.05. The largest absolute Gasteiger partial charge is 0.507 e. The molecule has 2 aromatic rings. The Morgan fingerprint density at radius 2 is 1.88 bits per heavy atom. The second-order valence-corrected chi connectivity index (χ2v) is 4.93. The Hall–Kier alpha value is -3.28. The zero-order valence-corrected chi connectivity index (χ0v) is 12.8. The molecule has 0 fully saturated rings. The number of hydrogen-bond donors (Lipinski definition) is 3. The number of carboxylic acid groups (broad SMARTS) is 1. The molecular weight excluding hydrogens is 310 g/mol. The molecule has 0 spiro atoms. The molecular formula is C18H17NO5. The standard InChI is InChI=1S/C18H17NO5/c20-16-9-8-13(11-15(16)17(21)22)7-4-10-19-18(23)24-12-14-5-2-1-3-6-14/h1-9,11,20H,10,12H2,(H,19,23)(H,21,22). The minimum atomic E-state index is -1.20. The maximum atomic E-state index is 11.5. The van der Waals surface area contributed by atoms with Gasteiger partial charge in [-0.1, -0.05) is 48.6 Å². The molecule has 0 saturated carbocycles. The number of rotatable bonds is 6. The van der Waals surface area contributed by atoms with Crippen LogP contribution in [0.1, 0.15) is 21.5 Å². The van der Waals surface area contributed by atoms with Crippen LogP contribution in [0.2, 0.25) is 0 Å². The van der Waals surface area contributed by atoms with Gasteiger partial charge in [-0.2, -0.15) is 0 Å². The highest BCUT2D eigenvalue weighted by Gasteiger charge is 2.08. The number of benzene rings is 2. The fraction of sp³-hybridized carbons (Fsp3) is 0.111. The topological polar surface area (TPSA) is 95.9 Å². The first kappa shape index (κ1) is 17.1. The van der Waals surface area contributed by atoms with E-state index in [1.54, 1.807) is 18.2 Å². The summed E-state index contributed by atoms with van der Waals surface area (Å²) in [6.07, 6.45) is 2.76. The van der Waals surface area contributed by atoms with E-state index in [4.69, 9.17) is 9.84 Å². The third-order valence-corrected chi connectivity index (χ3v) is 3.14. The Bertz CT molecular complexity index is 740. The lowest BCUT2D eigenvalue weighted by molar-refractivity contribution is 0.0693. The Balaban J connectivity index is 1.79. The summed E-state index contributed by atoms with van der Waals surface area (Å²) in [4.78, 5) is 22.5. The second-order valence-electron chi connectivity index (χ2n) is 4.93. The number of hydrogen-bond acceptors (Lipinski definition) is 4. The highest BCUT2D eigenvalue weighted by atomic mass is 16.5. The minimum absolute atomic E-state index is 0.174. The summed E-state index contributed by atoms with van der Waals surface area (Å²) in [6.45, 7) is 0.424. The van der Waals surface area contributed by atoms with Crippen molar-refractivity contribution in [3.05, 3.63) is 71.3 Å². The average Bonchev–Trinajstić information content (AvgIpc) is 2.59. The Kier molecular flexibility index (Phi) is 5.96. The molecule has 1 amide bonds. The molecule has 0 aliphatic rings. The molecule has 0 heterocycles. The number of ether oxygens (including phenoxy) is 1. The van der Waals surface area contributed by atoms with Crippen LogP contribution in [0.15, 0.2) is 54.6 Å². The third kappa shape index (κ3) is 5.17. The molecule has 0 radical (unpaired) electrons. The van der Waals surface area contributed by atoms with Crippen LogP contribution in [0, 0.1) is 0 Å². The molecule has 124 valence electrons. The van der Waals surface area contributed by atoms with Crippen LogP contribution in [0.4, 0.5) is 4.79 Å². The van der Waals surface area contributed by atoms with Gasteiger partial charge in [0.25, 0.3) is 0 Å². The van der Waals surface area contributed by atoms with Crippen molar-refractivity contribution in [3.8, 4) is 5.75 Å². The number of amides is 1. The Morgan fingerprint density at radius 1 is 1.12 bits per heavy atom. The van der Waals surface area contributed by atoms with Crippen LogP contribution in [-0.2, 0) is 11.3 Å². The van der Waals surface area contributed by atoms with Gasteiger partial charge in [0.15, 0.2) is 0 Å². The molecule has 0 aliphatic heterocycles. The predicted molar refractivity (Wildman–Crippen MR) is 88.7 cm³/mol. The Labute approximate surface area is 139 Å². The van der Waals surface area contributed by atoms with E-state index in [9.17, 15) is 14.7 Å². The second kappa shape index (κ2) is 8.38. The molecule has 0 aliphatic carbocycles. The van der Waals surface area contributed by atoms with Gasteiger partial charge in [0, 0.05) is 6.54 Å². The van der Waals surface area contributed by atoms with E-state index in [2.05, 4.69) is 5.32 Å². The first-order chi connectivity index (χ1) is 11.6. The van der Waals surface area contributed by atoms with Crippen molar-refractivity contribution in [2.24, 2.45) is 0 Å². The van der Waals surface area contributed by atoms with E-state index in [-0.39, 0.29) is 24.5 Å². The summed E-state index contributed by atoms with van der Waals surface area (Å²) in [6, 6.07) is 13.6. The van der Waals surface area contributed by atoms with Gasteiger partial charge < -0.3 is 20.3 Å². The zero-order valence-electron chi connectivity index (χ0n) is 12.8. The number of aromatic carboxylic acids is 1. The Morgan fingerprint density at radius 3 is 2.58 bits per heavy atom. The number of phenols is 1. The highest BCUT2D eigenvalue weighted by Crippen LogP contribution is 2.19. The van der Waals surface area contributed by atoms with Gasteiger partial charge in [-0.3, -0.25) is 0 Å². The minimum Gasteiger partial charge on any atom is -0.507 e. The molecule has 2 rings (SSSR count). The van der Waals surface area contributed by atoms with Crippen LogP contribution in [0.3, 0.4) is 0 Å². The molecule has 0 unspecified atom stereocenters. The quantitative estimate of drug-likeness (QED) is 0.758. The number of carbonyl (C=O) groups is 2. The number of alkyl carbamates (subject to hydrolysis) is 1. The van der Waals surface area contributed by atoms with Crippen molar-refractivity contribution >= 4 is 18.1 Å². The predicted octanol–water partition coefficient (Wildman–Crippen LogP) is 3.03. The fourth-order valence-electron chi connectivity index (χ4n) is 1.94. The summed E-state index contributed by atoms with van der Waals surface area (Å²) in [5.74, 6) is -1.49. The molecule has 2 aromatic carbocycles. The van der Waals surface area contributed by atoms with Crippen LogP contribution in [0.25, 0.3) is 6.08 Å². The number of carbonyl (C=O) groups excluding carboxylic acids is 1. The van der Waals surface area contributed by atoms with E-state index >= 15 is 0 Å². The molecule has 0 atom stereocenters. The fourth-order valence-corrected chi connectivity index (χ4v) is 1.94. The van der Waals surface area contributed by atoms with Gasteiger partial charge in [-0.25, -0.2) is 9.59 Å². The molecule has 0 bridgehead atoms. The first-order valence-corrected chi connectivity index (χ1v) is 7.23. The first-order valence-electron chi connectivity index (χ1n) is 7.23. The maximum absolute atomic E-state index is 11.5. The average molecular weight is 327 g/mol. The van der Waals surface area contributed by atoms with E-state index in [0.29, 0.717) is 5.56 Å². The van der Waals surface area contributed by atoms with Gasteiger partial charge in [0.1, 0.15) is 17.9 Å². The summed E-state index contributed by atoms with van der Waals surface area (Å²) in [5, 5.41) is 20.9. The molecule has 3 N–H and O–H groups in total. The van der Waals surface area contributed by atoms with Crippen LogP contribution >= 0.6 is 0 Å². The number of aromatic hydroxyl groups is 1. The van der Waals surface area contributed by atoms with Gasteiger partial charge in [0.2, 0.25) is 0 Å². The van der Waals surface area contributed by atoms with Crippen LogP contribution in [-0.4, -0.2) is 28.8 Å². The van der Waals surface area contributed by atoms with Crippen molar-refractivity contribution in [1.29, 1.82) is 0 Å².